The molecule has 0 unspecified atom stereocenters. The molecule has 6 nitrogen and oxygen atoms in total. The first-order chi connectivity index (χ1) is 12.6. The molecular formula is C15H8F5N3O3S. The summed E-state index contributed by atoms with van der Waals surface area (Å²) in [6.07, 6.45) is -4.02. The van der Waals surface area contributed by atoms with Gasteiger partial charge in [0.15, 0.2) is 0 Å². The number of ether oxygens (including phenoxy) is 1. The van der Waals surface area contributed by atoms with Crippen LogP contribution in [0.15, 0.2) is 53.6 Å². The van der Waals surface area contributed by atoms with Crippen LogP contribution in [0.4, 0.5) is 22.0 Å². The largest absolute Gasteiger partial charge is 0.573 e. The molecular weight excluding hydrogens is 397 g/mol. The summed E-state index contributed by atoms with van der Waals surface area (Å²) in [7, 11) is -4.30. The minimum Gasteiger partial charge on any atom is -0.406 e. The fraction of sp³-hybridized carbons (Fsp3) is 0.0667. The van der Waals surface area contributed by atoms with Crippen LogP contribution in [0, 0.1) is 11.6 Å². The first kappa shape index (κ1) is 18.8. The Labute approximate surface area is 148 Å². The summed E-state index contributed by atoms with van der Waals surface area (Å²) in [5.41, 5.74) is -0.347. The van der Waals surface area contributed by atoms with Crippen molar-refractivity contribution in [3.8, 4) is 17.0 Å². The van der Waals surface area contributed by atoms with Gasteiger partial charge in [-0.15, -0.1) is 22.4 Å². The molecule has 12 heteroatoms. The van der Waals surface area contributed by atoms with Crippen molar-refractivity contribution in [3.05, 3.63) is 60.3 Å². The van der Waals surface area contributed by atoms with E-state index in [-0.39, 0.29) is 11.3 Å². The maximum atomic E-state index is 13.8. The second-order valence-corrected chi connectivity index (χ2v) is 6.92. The summed E-state index contributed by atoms with van der Waals surface area (Å²) in [4.78, 5) is -0.395. The number of halogens is 5. The summed E-state index contributed by atoms with van der Waals surface area (Å²) in [6, 6.07) is 6.03. The van der Waals surface area contributed by atoms with Crippen LogP contribution in [-0.4, -0.2) is 29.2 Å². The van der Waals surface area contributed by atoms with Crippen LogP contribution in [0.1, 0.15) is 0 Å². The van der Waals surface area contributed by atoms with Gasteiger partial charge in [0.2, 0.25) is 0 Å². The predicted octanol–water partition coefficient (Wildman–Crippen LogP) is 3.36. The molecule has 0 saturated carbocycles. The van der Waals surface area contributed by atoms with E-state index in [1.807, 2.05) is 0 Å². The maximum Gasteiger partial charge on any atom is 0.573 e. The van der Waals surface area contributed by atoms with Crippen molar-refractivity contribution in [3.63, 3.8) is 0 Å². The Morgan fingerprint density at radius 1 is 1.00 bits per heavy atom. The van der Waals surface area contributed by atoms with Gasteiger partial charge in [0.1, 0.15) is 23.1 Å². The van der Waals surface area contributed by atoms with Crippen LogP contribution in [0.25, 0.3) is 11.3 Å². The van der Waals surface area contributed by atoms with Crippen molar-refractivity contribution in [1.82, 2.24) is 14.4 Å². The zero-order valence-corrected chi connectivity index (χ0v) is 13.8. The first-order valence-electron chi connectivity index (χ1n) is 7.05. The highest BCUT2D eigenvalue weighted by molar-refractivity contribution is 7.89. The summed E-state index contributed by atoms with van der Waals surface area (Å²) in [5, 5.41) is 6.93. The Balaban J connectivity index is 1.91. The Bertz CT molecular complexity index is 1080. The van der Waals surface area contributed by atoms with Crippen LogP contribution < -0.4 is 4.74 Å². The third-order valence-corrected chi connectivity index (χ3v) is 4.82. The number of alkyl halides is 3. The SMILES string of the molecule is O=S(=O)(c1ccc(OC(F)(F)F)cc1)n1cc(-c2ccc(F)cc2F)nn1. The van der Waals surface area contributed by atoms with E-state index in [4.69, 9.17) is 0 Å². The lowest BCUT2D eigenvalue weighted by Crippen LogP contribution is -2.17. The molecule has 0 saturated heterocycles. The fourth-order valence-electron chi connectivity index (χ4n) is 2.11. The Morgan fingerprint density at radius 3 is 2.26 bits per heavy atom. The summed E-state index contributed by atoms with van der Waals surface area (Å²) in [6.45, 7) is 0. The van der Waals surface area contributed by atoms with Crippen LogP contribution >= 0.6 is 0 Å². The number of hydrogen-bond acceptors (Lipinski definition) is 5. The molecule has 0 N–H and O–H groups in total. The summed E-state index contributed by atoms with van der Waals surface area (Å²) >= 11 is 0. The molecule has 1 aromatic heterocycles. The van der Waals surface area contributed by atoms with E-state index in [0.717, 1.165) is 42.6 Å². The molecule has 1 heterocycles. The highest BCUT2D eigenvalue weighted by Gasteiger charge is 2.31. The minimum absolute atomic E-state index is 0.173. The van der Waals surface area contributed by atoms with Crippen molar-refractivity contribution >= 4 is 10.0 Å². The van der Waals surface area contributed by atoms with E-state index in [2.05, 4.69) is 15.0 Å². The second-order valence-electron chi connectivity index (χ2n) is 5.12. The van der Waals surface area contributed by atoms with Crippen molar-refractivity contribution in [2.45, 2.75) is 11.3 Å². The molecule has 0 aliphatic carbocycles. The van der Waals surface area contributed by atoms with Gasteiger partial charge in [0.25, 0.3) is 10.0 Å². The molecule has 0 aliphatic heterocycles. The normalized spacial score (nSPS) is 12.2. The van der Waals surface area contributed by atoms with E-state index in [0.29, 0.717) is 10.2 Å². The summed E-state index contributed by atoms with van der Waals surface area (Å²) in [5.74, 6) is -2.39. The van der Waals surface area contributed by atoms with E-state index in [9.17, 15) is 30.4 Å². The van der Waals surface area contributed by atoms with Gasteiger partial charge in [0.05, 0.1) is 11.1 Å². The van der Waals surface area contributed by atoms with Gasteiger partial charge < -0.3 is 4.74 Å². The van der Waals surface area contributed by atoms with Crippen molar-refractivity contribution in [2.24, 2.45) is 0 Å². The molecule has 0 bridgehead atoms. The van der Waals surface area contributed by atoms with Crippen LogP contribution in [0.3, 0.4) is 0 Å². The molecule has 0 fully saturated rings. The van der Waals surface area contributed by atoms with Gasteiger partial charge in [-0.05, 0) is 36.4 Å². The number of hydrogen-bond donors (Lipinski definition) is 0. The van der Waals surface area contributed by atoms with Gasteiger partial charge >= 0.3 is 6.36 Å². The Hall–Kier alpha value is -3.02. The van der Waals surface area contributed by atoms with Gasteiger partial charge in [0, 0.05) is 11.6 Å². The van der Waals surface area contributed by atoms with Crippen LogP contribution in [-0.2, 0) is 10.0 Å². The van der Waals surface area contributed by atoms with Crippen LogP contribution in [0.5, 0.6) is 5.75 Å². The third kappa shape index (κ3) is 4.05. The zero-order valence-electron chi connectivity index (χ0n) is 13.0. The van der Waals surface area contributed by atoms with E-state index in [1.165, 1.54) is 0 Å². The van der Waals surface area contributed by atoms with E-state index in [1.54, 1.807) is 0 Å². The molecule has 142 valence electrons. The molecule has 0 spiro atoms. The molecule has 27 heavy (non-hydrogen) atoms. The highest BCUT2D eigenvalue weighted by Crippen LogP contribution is 2.26. The summed E-state index contributed by atoms with van der Waals surface area (Å²) < 4.78 is 92.2. The highest BCUT2D eigenvalue weighted by atomic mass is 32.2. The van der Waals surface area contributed by atoms with Crippen molar-refractivity contribution in [1.29, 1.82) is 0 Å². The van der Waals surface area contributed by atoms with Crippen molar-refractivity contribution in [2.75, 3.05) is 0 Å². The quantitative estimate of drug-likeness (QED) is 0.623. The maximum absolute atomic E-state index is 13.8. The van der Waals surface area contributed by atoms with E-state index >= 15 is 0 Å². The van der Waals surface area contributed by atoms with Gasteiger partial charge in [-0.3, -0.25) is 0 Å². The standard InChI is InChI=1S/C15H8F5N3O3S/c16-9-1-6-12(13(17)7-9)14-8-23(22-21-14)27(24,25)11-4-2-10(3-5-11)26-15(18,19)20/h1-8H. The molecule has 2 aromatic carbocycles. The Kier molecular flexibility index (Phi) is 4.59. The van der Waals surface area contributed by atoms with Gasteiger partial charge in [-0.2, -0.15) is 8.42 Å². The smallest absolute Gasteiger partial charge is 0.406 e. The average molecular weight is 405 g/mol. The third-order valence-electron chi connectivity index (χ3n) is 3.28. The molecule has 3 rings (SSSR count). The number of benzene rings is 2. The topological polar surface area (TPSA) is 74.1 Å². The lowest BCUT2D eigenvalue weighted by atomic mass is 10.1. The molecule has 0 aliphatic rings. The molecule has 0 radical (unpaired) electrons. The van der Waals surface area contributed by atoms with E-state index < -0.39 is 38.7 Å². The average Bonchev–Trinajstić information content (AvgIpc) is 3.04. The van der Waals surface area contributed by atoms with Gasteiger partial charge in [-0.25, -0.2) is 8.78 Å². The lowest BCUT2D eigenvalue weighted by molar-refractivity contribution is -0.274. The zero-order chi connectivity index (χ0) is 19.8. The number of nitrogens with zero attached hydrogens (tertiary/aromatic N) is 3. The first-order valence-corrected chi connectivity index (χ1v) is 8.49. The molecule has 0 amide bonds. The van der Waals surface area contributed by atoms with Gasteiger partial charge in [-0.1, -0.05) is 5.21 Å². The predicted molar refractivity (Wildman–Crippen MR) is 81.1 cm³/mol. The van der Waals surface area contributed by atoms with Crippen LogP contribution in [0.2, 0.25) is 0 Å². The number of aromatic nitrogens is 3. The monoisotopic (exact) mass is 405 g/mol. The Morgan fingerprint density at radius 2 is 1.67 bits per heavy atom. The second kappa shape index (κ2) is 6.61. The minimum atomic E-state index is -4.92. The fourth-order valence-corrected chi connectivity index (χ4v) is 3.18. The lowest BCUT2D eigenvalue weighted by Gasteiger charge is -2.09. The molecule has 0 atom stereocenters. The van der Waals surface area contributed by atoms with Crippen molar-refractivity contribution < 1.29 is 35.1 Å². The molecule has 3 aromatic rings. The number of rotatable bonds is 4.